The number of amides is 1. The molecule has 0 radical (unpaired) electrons. The van der Waals surface area contributed by atoms with Crippen molar-refractivity contribution in [3.05, 3.63) is 53.3 Å². The molecule has 2 aromatic carbocycles. The van der Waals surface area contributed by atoms with Crippen molar-refractivity contribution in [1.82, 2.24) is 0 Å². The molecule has 108 valence electrons. The number of carbonyl (C=O) groups is 1. The third-order valence-electron chi connectivity index (χ3n) is 3.55. The number of benzene rings is 2. The highest BCUT2D eigenvalue weighted by Gasteiger charge is 2.17. The summed E-state index contributed by atoms with van der Waals surface area (Å²) in [4.78, 5) is 12.4. The minimum atomic E-state index is -0.760. The Morgan fingerprint density at radius 3 is 2.95 bits per heavy atom. The van der Waals surface area contributed by atoms with E-state index in [0.717, 1.165) is 36.7 Å². The van der Waals surface area contributed by atoms with Gasteiger partial charge in [0.1, 0.15) is 0 Å². The van der Waals surface area contributed by atoms with E-state index in [2.05, 4.69) is 10.6 Å². The SMILES string of the molecule is O=C(Nc1ccc(O)c(F)c1)c1cccc2c1CCCN2. The summed E-state index contributed by atoms with van der Waals surface area (Å²) in [5, 5.41) is 15.1. The van der Waals surface area contributed by atoms with E-state index in [-0.39, 0.29) is 5.91 Å². The van der Waals surface area contributed by atoms with Crippen LogP contribution in [0.4, 0.5) is 15.8 Å². The summed E-state index contributed by atoms with van der Waals surface area (Å²) in [7, 11) is 0. The Kier molecular flexibility index (Phi) is 3.48. The van der Waals surface area contributed by atoms with Gasteiger partial charge in [-0.25, -0.2) is 4.39 Å². The van der Waals surface area contributed by atoms with Gasteiger partial charge < -0.3 is 15.7 Å². The molecule has 1 aliphatic heterocycles. The van der Waals surface area contributed by atoms with Crippen molar-refractivity contribution in [2.45, 2.75) is 12.8 Å². The Hall–Kier alpha value is -2.56. The Labute approximate surface area is 121 Å². The largest absolute Gasteiger partial charge is 0.505 e. The van der Waals surface area contributed by atoms with Crippen molar-refractivity contribution < 1.29 is 14.3 Å². The third kappa shape index (κ3) is 2.67. The monoisotopic (exact) mass is 286 g/mol. The molecule has 5 heteroatoms. The second kappa shape index (κ2) is 5.44. The van der Waals surface area contributed by atoms with Gasteiger partial charge in [-0.05, 0) is 42.7 Å². The van der Waals surface area contributed by atoms with E-state index in [1.807, 2.05) is 12.1 Å². The van der Waals surface area contributed by atoms with Crippen LogP contribution in [0.15, 0.2) is 36.4 Å². The molecule has 21 heavy (non-hydrogen) atoms. The predicted molar refractivity (Wildman–Crippen MR) is 79.3 cm³/mol. The molecule has 0 fully saturated rings. The van der Waals surface area contributed by atoms with Gasteiger partial charge in [0, 0.05) is 29.5 Å². The summed E-state index contributed by atoms with van der Waals surface area (Å²) in [6.45, 7) is 0.904. The first-order valence-corrected chi connectivity index (χ1v) is 6.81. The van der Waals surface area contributed by atoms with Gasteiger partial charge in [0.05, 0.1) is 0 Å². The number of aromatic hydroxyl groups is 1. The molecule has 3 N–H and O–H groups in total. The molecule has 0 aliphatic carbocycles. The number of hydrogen-bond donors (Lipinski definition) is 3. The van der Waals surface area contributed by atoms with Crippen molar-refractivity contribution >= 4 is 17.3 Å². The van der Waals surface area contributed by atoms with E-state index < -0.39 is 11.6 Å². The fourth-order valence-electron chi connectivity index (χ4n) is 2.51. The Morgan fingerprint density at radius 1 is 1.29 bits per heavy atom. The van der Waals surface area contributed by atoms with Crippen molar-refractivity contribution in [2.24, 2.45) is 0 Å². The highest BCUT2D eigenvalue weighted by atomic mass is 19.1. The molecule has 0 unspecified atom stereocenters. The van der Waals surface area contributed by atoms with Crippen LogP contribution in [0.1, 0.15) is 22.3 Å². The van der Waals surface area contributed by atoms with E-state index in [1.165, 1.54) is 12.1 Å². The van der Waals surface area contributed by atoms with Crippen molar-refractivity contribution in [2.75, 3.05) is 17.2 Å². The number of hydrogen-bond acceptors (Lipinski definition) is 3. The van der Waals surface area contributed by atoms with Gasteiger partial charge in [-0.2, -0.15) is 0 Å². The van der Waals surface area contributed by atoms with Crippen LogP contribution < -0.4 is 10.6 Å². The molecule has 1 aliphatic rings. The van der Waals surface area contributed by atoms with Crippen LogP contribution in [0.25, 0.3) is 0 Å². The topological polar surface area (TPSA) is 61.4 Å². The Balaban J connectivity index is 1.87. The molecule has 2 aromatic rings. The quantitative estimate of drug-likeness (QED) is 0.743. The molecule has 0 bridgehead atoms. The zero-order chi connectivity index (χ0) is 14.8. The molecule has 3 rings (SSSR count). The van der Waals surface area contributed by atoms with E-state index in [9.17, 15) is 9.18 Å². The summed E-state index contributed by atoms with van der Waals surface area (Å²) in [5.41, 5.74) is 2.87. The number of rotatable bonds is 2. The molecule has 0 atom stereocenters. The number of nitrogens with one attached hydrogen (secondary N) is 2. The number of fused-ring (bicyclic) bond motifs is 1. The van der Waals surface area contributed by atoms with Crippen molar-refractivity contribution in [1.29, 1.82) is 0 Å². The van der Waals surface area contributed by atoms with Crippen LogP contribution >= 0.6 is 0 Å². The lowest BCUT2D eigenvalue weighted by atomic mass is 9.97. The smallest absolute Gasteiger partial charge is 0.256 e. The fraction of sp³-hybridized carbons (Fsp3) is 0.188. The second-order valence-electron chi connectivity index (χ2n) is 4.98. The summed E-state index contributed by atoms with van der Waals surface area (Å²) in [5.74, 6) is -1.47. The van der Waals surface area contributed by atoms with E-state index in [0.29, 0.717) is 11.3 Å². The zero-order valence-corrected chi connectivity index (χ0v) is 11.3. The highest BCUT2D eigenvalue weighted by molar-refractivity contribution is 6.06. The lowest BCUT2D eigenvalue weighted by Gasteiger charge is -2.20. The standard InChI is InChI=1S/C16H15FN2O2/c17-13-9-10(6-7-15(13)20)19-16(21)12-3-1-5-14-11(12)4-2-8-18-14/h1,3,5-7,9,18,20H,2,4,8H2,(H,19,21). The maximum atomic E-state index is 13.3. The Bertz CT molecular complexity index is 701. The average Bonchev–Trinajstić information content (AvgIpc) is 2.50. The van der Waals surface area contributed by atoms with Gasteiger partial charge >= 0.3 is 0 Å². The lowest BCUT2D eigenvalue weighted by molar-refractivity contribution is 0.102. The fourth-order valence-corrected chi connectivity index (χ4v) is 2.51. The molecular formula is C16H15FN2O2. The van der Waals surface area contributed by atoms with E-state index in [1.54, 1.807) is 6.07 Å². The number of phenolic OH excluding ortho intramolecular Hbond substituents is 1. The zero-order valence-electron chi connectivity index (χ0n) is 11.3. The molecule has 0 spiro atoms. The summed E-state index contributed by atoms with van der Waals surface area (Å²) >= 11 is 0. The van der Waals surface area contributed by atoms with E-state index in [4.69, 9.17) is 5.11 Å². The molecule has 0 aromatic heterocycles. The molecule has 0 saturated carbocycles. The normalized spacial score (nSPS) is 13.2. The van der Waals surface area contributed by atoms with Gasteiger partial charge in [-0.15, -0.1) is 0 Å². The van der Waals surface area contributed by atoms with Crippen molar-refractivity contribution in [3.63, 3.8) is 0 Å². The molecular weight excluding hydrogens is 271 g/mol. The van der Waals surface area contributed by atoms with Gasteiger partial charge in [0.2, 0.25) is 0 Å². The minimum absolute atomic E-state index is 0.277. The maximum absolute atomic E-state index is 13.3. The van der Waals surface area contributed by atoms with Gasteiger partial charge in [-0.3, -0.25) is 4.79 Å². The van der Waals surface area contributed by atoms with Gasteiger partial charge in [0.25, 0.3) is 5.91 Å². The maximum Gasteiger partial charge on any atom is 0.256 e. The van der Waals surface area contributed by atoms with E-state index >= 15 is 0 Å². The third-order valence-corrected chi connectivity index (χ3v) is 3.55. The number of carbonyl (C=O) groups excluding carboxylic acids is 1. The molecule has 0 saturated heterocycles. The predicted octanol–water partition coefficient (Wildman–Crippen LogP) is 3.14. The lowest BCUT2D eigenvalue weighted by Crippen LogP contribution is -2.19. The number of anilines is 2. The van der Waals surface area contributed by atoms with Crippen LogP contribution in [0, 0.1) is 5.82 Å². The van der Waals surface area contributed by atoms with Gasteiger partial charge in [0.15, 0.2) is 11.6 Å². The molecule has 1 amide bonds. The first-order valence-electron chi connectivity index (χ1n) is 6.81. The van der Waals surface area contributed by atoms with Gasteiger partial charge in [-0.1, -0.05) is 6.07 Å². The van der Waals surface area contributed by atoms with Crippen LogP contribution in [-0.4, -0.2) is 17.6 Å². The minimum Gasteiger partial charge on any atom is -0.505 e. The van der Waals surface area contributed by atoms with Crippen LogP contribution in [-0.2, 0) is 6.42 Å². The molecule has 4 nitrogen and oxygen atoms in total. The van der Waals surface area contributed by atoms with Crippen LogP contribution in [0.2, 0.25) is 0 Å². The second-order valence-corrected chi connectivity index (χ2v) is 4.98. The van der Waals surface area contributed by atoms with Crippen LogP contribution in [0.5, 0.6) is 5.75 Å². The summed E-state index contributed by atoms with van der Waals surface area (Å²) in [6.07, 6.45) is 1.82. The van der Waals surface area contributed by atoms with Crippen molar-refractivity contribution in [3.8, 4) is 5.75 Å². The average molecular weight is 286 g/mol. The van der Waals surface area contributed by atoms with Crippen LogP contribution in [0.3, 0.4) is 0 Å². The first kappa shape index (κ1) is 13.4. The molecule has 1 heterocycles. The Morgan fingerprint density at radius 2 is 2.14 bits per heavy atom. The number of halogens is 1. The number of phenols is 1. The first-order chi connectivity index (χ1) is 10.1. The highest BCUT2D eigenvalue weighted by Crippen LogP contribution is 2.26. The summed E-state index contributed by atoms with van der Waals surface area (Å²) in [6, 6.07) is 9.31. The summed E-state index contributed by atoms with van der Waals surface area (Å²) < 4.78 is 13.3.